The molecule has 1 aliphatic heterocycles. The van der Waals surface area contributed by atoms with Crippen molar-refractivity contribution in [2.45, 2.75) is 26.3 Å². The minimum absolute atomic E-state index is 0.582. The Bertz CT molecular complexity index is 609. The molecule has 22 heavy (non-hydrogen) atoms. The average Bonchev–Trinajstić information content (AvgIpc) is 2.93. The van der Waals surface area contributed by atoms with E-state index < -0.39 is 0 Å². The topological polar surface area (TPSA) is 53.9 Å². The number of halogens is 1. The van der Waals surface area contributed by atoms with E-state index in [-0.39, 0.29) is 0 Å². The Labute approximate surface area is 139 Å². The smallest absolute Gasteiger partial charge is 0.148 e. The zero-order valence-corrected chi connectivity index (χ0v) is 14.2. The van der Waals surface area contributed by atoms with Crippen LogP contribution in [0.15, 0.2) is 17.9 Å². The molecule has 0 radical (unpaired) electrons. The lowest BCUT2D eigenvalue weighted by atomic mass is 9.96. The summed E-state index contributed by atoms with van der Waals surface area (Å²) in [5, 5.41) is 7.24. The van der Waals surface area contributed by atoms with Crippen LogP contribution in [-0.2, 0) is 6.54 Å². The van der Waals surface area contributed by atoms with E-state index in [2.05, 4.69) is 37.5 Å². The van der Waals surface area contributed by atoms with Gasteiger partial charge in [0.05, 0.1) is 16.9 Å². The first-order valence-electron chi connectivity index (χ1n) is 7.53. The molecule has 2 aromatic rings. The van der Waals surface area contributed by atoms with Gasteiger partial charge in [-0.3, -0.25) is 4.90 Å². The second-order valence-electron chi connectivity index (χ2n) is 5.68. The molecular weight excluding hydrogens is 318 g/mol. The Kier molecular flexibility index (Phi) is 5.23. The highest BCUT2D eigenvalue weighted by Crippen LogP contribution is 2.22. The van der Waals surface area contributed by atoms with Crippen molar-refractivity contribution in [1.82, 2.24) is 19.9 Å². The van der Waals surface area contributed by atoms with Crippen LogP contribution in [0.5, 0.6) is 0 Å². The molecule has 0 aromatic carbocycles. The molecule has 1 aliphatic rings. The SMILES string of the molecule is Cc1nc(CN2CCC(CNc3ncncc3Cl)CC2)cs1. The van der Waals surface area contributed by atoms with Gasteiger partial charge in [-0.1, -0.05) is 11.6 Å². The third kappa shape index (κ3) is 4.15. The van der Waals surface area contributed by atoms with Gasteiger partial charge < -0.3 is 5.32 Å². The molecule has 0 unspecified atom stereocenters. The number of aromatic nitrogens is 3. The third-order valence-electron chi connectivity index (χ3n) is 3.99. The van der Waals surface area contributed by atoms with E-state index in [1.807, 2.05) is 0 Å². The Morgan fingerprint density at radius 2 is 2.23 bits per heavy atom. The second-order valence-corrected chi connectivity index (χ2v) is 7.15. The highest BCUT2D eigenvalue weighted by atomic mass is 35.5. The molecule has 5 nitrogen and oxygen atoms in total. The van der Waals surface area contributed by atoms with Gasteiger partial charge in [-0.15, -0.1) is 11.3 Å². The van der Waals surface area contributed by atoms with E-state index in [1.165, 1.54) is 24.9 Å². The normalized spacial score (nSPS) is 16.8. The van der Waals surface area contributed by atoms with Gasteiger partial charge in [0.25, 0.3) is 0 Å². The molecule has 0 atom stereocenters. The Morgan fingerprint density at radius 3 is 2.91 bits per heavy atom. The van der Waals surface area contributed by atoms with Crippen molar-refractivity contribution < 1.29 is 0 Å². The van der Waals surface area contributed by atoms with Gasteiger partial charge >= 0.3 is 0 Å². The lowest BCUT2D eigenvalue weighted by molar-refractivity contribution is 0.181. The molecule has 0 spiro atoms. The Morgan fingerprint density at radius 1 is 1.41 bits per heavy atom. The summed E-state index contributed by atoms with van der Waals surface area (Å²) in [6.07, 6.45) is 5.53. The number of thiazole rings is 1. The molecular formula is C15H20ClN5S. The molecule has 3 rings (SSSR count). The summed E-state index contributed by atoms with van der Waals surface area (Å²) in [6, 6.07) is 0. The lowest BCUT2D eigenvalue weighted by Gasteiger charge is -2.31. The van der Waals surface area contributed by atoms with Crippen LogP contribution < -0.4 is 5.32 Å². The van der Waals surface area contributed by atoms with Crippen LogP contribution in [0.4, 0.5) is 5.82 Å². The van der Waals surface area contributed by atoms with Gasteiger partial charge in [0.1, 0.15) is 17.2 Å². The van der Waals surface area contributed by atoms with Crippen LogP contribution in [0, 0.1) is 12.8 Å². The largest absolute Gasteiger partial charge is 0.368 e. The number of nitrogens with zero attached hydrogens (tertiary/aromatic N) is 4. The summed E-state index contributed by atoms with van der Waals surface area (Å²) >= 11 is 7.78. The lowest BCUT2D eigenvalue weighted by Crippen LogP contribution is -2.35. The van der Waals surface area contributed by atoms with E-state index in [9.17, 15) is 0 Å². The maximum Gasteiger partial charge on any atom is 0.148 e. The van der Waals surface area contributed by atoms with Crippen LogP contribution in [0.2, 0.25) is 5.02 Å². The fourth-order valence-corrected chi connectivity index (χ4v) is 3.52. The van der Waals surface area contributed by atoms with Crippen LogP contribution >= 0.6 is 22.9 Å². The van der Waals surface area contributed by atoms with E-state index in [4.69, 9.17) is 11.6 Å². The van der Waals surface area contributed by atoms with E-state index in [1.54, 1.807) is 17.5 Å². The summed E-state index contributed by atoms with van der Waals surface area (Å²) in [5.41, 5.74) is 1.20. The molecule has 0 bridgehead atoms. The number of aryl methyl sites for hydroxylation is 1. The predicted molar refractivity (Wildman–Crippen MR) is 90.4 cm³/mol. The van der Waals surface area contributed by atoms with Crippen molar-refractivity contribution >= 4 is 28.8 Å². The molecule has 0 amide bonds. The molecule has 2 aromatic heterocycles. The van der Waals surface area contributed by atoms with Crippen molar-refractivity contribution in [3.63, 3.8) is 0 Å². The first kappa shape index (κ1) is 15.6. The number of likely N-dealkylation sites (tertiary alicyclic amines) is 1. The van der Waals surface area contributed by atoms with Crippen molar-refractivity contribution in [2.24, 2.45) is 5.92 Å². The maximum atomic E-state index is 6.06. The van der Waals surface area contributed by atoms with Gasteiger partial charge in [-0.05, 0) is 38.8 Å². The number of anilines is 1. The zero-order chi connectivity index (χ0) is 15.4. The number of nitrogens with one attached hydrogen (secondary N) is 1. The molecule has 0 aliphatic carbocycles. The zero-order valence-electron chi connectivity index (χ0n) is 12.6. The summed E-state index contributed by atoms with van der Waals surface area (Å²) in [7, 11) is 0. The molecule has 1 fully saturated rings. The van der Waals surface area contributed by atoms with Crippen molar-refractivity contribution in [3.05, 3.63) is 33.6 Å². The fourth-order valence-electron chi connectivity index (χ4n) is 2.74. The average molecular weight is 338 g/mol. The minimum Gasteiger partial charge on any atom is -0.368 e. The highest BCUT2D eigenvalue weighted by Gasteiger charge is 2.20. The van der Waals surface area contributed by atoms with Crippen molar-refractivity contribution in [1.29, 1.82) is 0 Å². The van der Waals surface area contributed by atoms with E-state index in [0.717, 1.165) is 37.0 Å². The van der Waals surface area contributed by atoms with Crippen LogP contribution in [0.25, 0.3) is 0 Å². The van der Waals surface area contributed by atoms with E-state index in [0.29, 0.717) is 10.9 Å². The van der Waals surface area contributed by atoms with Gasteiger partial charge in [0.2, 0.25) is 0 Å². The minimum atomic E-state index is 0.582. The second kappa shape index (κ2) is 7.35. The summed E-state index contributed by atoms with van der Waals surface area (Å²) < 4.78 is 0. The summed E-state index contributed by atoms with van der Waals surface area (Å²) in [4.78, 5) is 15.1. The molecule has 1 saturated heterocycles. The number of piperidine rings is 1. The standard InChI is InChI=1S/C15H20ClN5S/c1-11-20-13(9-22-11)8-21-4-2-12(3-5-21)6-18-15-14(16)7-17-10-19-15/h7,9-10,12H,2-6,8H2,1H3,(H,17,18,19). The van der Waals surface area contributed by atoms with Crippen LogP contribution in [0.3, 0.4) is 0 Å². The number of hydrogen-bond donors (Lipinski definition) is 1. The maximum absolute atomic E-state index is 6.06. The Balaban J connectivity index is 1.43. The van der Waals surface area contributed by atoms with Crippen LogP contribution in [0.1, 0.15) is 23.5 Å². The number of hydrogen-bond acceptors (Lipinski definition) is 6. The molecule has 3 heterocycles. The number of rotatable bonds is 5. The Hall–Kier alpha value is -1.24. The quantitative estimate of drug-likeness (QED) is 0.907. The van der Waals surface area contributed by atoms with Gasteiger partial charge in [0.15, 0.2) is 0 Å². The monoisotopic (exact) mass is 337 g/mol. The summed E-state index contributed by atoms with van der Waals surface area (Å²) in [6.45, 7) is 6.20. The summed E-state index contributed by atoms with van der Waals surface area (Å²) in [5.74, 6) is 1.40. The molecule has 7 heteroatoms. The van der Waals surface area contributed by atoms with Crippen molar-refractivity contribution in [3.8, 4) is 0 Å². The third-order valence-corrected chi connectivity index (χ3v) is 5.08. The first-order valence-corrected chi connectivity index (χ1v) is 8.79. The molecule has 118 valence electrons. The van der Waals surface area contributed by atoms with E-state index >= 15 is 0 Å². The predicted octanol–water partition coefficient (Wildman–Crippen LogP) is 3.22. The molecule has 1 N–H and O–H groups in total. The van der Waals surface area contributed by atoms with Crippen LogP contribution in [-0.4, -0.2) is 39.5 Å². The first-order chi connectivity index (χ1) is 10.7. The van der Waals surface area contributed by atoms with Gasteiger partial charge in [0, 0.05) is 18.5 Å². The van der Waals surface area contributed by atoms with Crippen molar-refractivity contribution in [2.75, 3.05) is 25.0 Å². The molecule has 0 saturated carbocycles. The fraction of sp³-hybridized carbons (Fsp3) is 0.533. The highest BCUT2D eigenvalue weighted by molar-refractivity contribution is 7.09. The van der Waals surface area contributed by atoms with Gasteiger partial charge in [-0.2, -0.15) is 0 Å². The van der Waals surface area contributed by atoms with Gasteiger partial charge in [-0.25, -0.2) is 15.0 Å².